The molecule has 184 valence electrons. The number of methoxy groups -OCH3 is 2. The van der Waals surface area contributed by atoms with Gasteiger partial charge in [-0.3, -0.25) is 9.59 Å². The smallest absolute Gasteiger partial charge is 0.290 e. The van der Waals surface area contributed by atoms with Crippen molar-refractivity contribution >= 4 is 11.7 Å². The zero-order chi connectivity index (χ0) is 24.7. The highest BCUT2D eigenvalue weighted by Crippen LogP contribution is 2.48. The van der Waals surface area contributed by atoms with Gasteiger partial charge in [-0.25, -0.2) is 0 Å². The molecular weight excluding hydrogens is 442 g/mol. The van der Waals surface area contributed by atoms with Crippen LogP contribution >= 0.6 is 0 Å². The molecule has 0 spiro atoms. The lowest BCUT2D eigenvalue weighted by Crippen LogP contribution is -2.45. The van der Waals surface area contributed by atoms with E-state index in [4.69, 9.17) is 14.2 Å². The van der Waals surface area contributed by atoms with Gasteiger partial charge in [0.15, 0.2) is 23.0 Å². The molecule has 3 aliphatic rings. The van der Waals surface area contributed by atoms with E-state index >= 15 is 0 Å². The number of amides is 1. The minimum atomic E-state index is -0.431. The lowest BCUT2D eigenvalue weighted by Gasteiger charge is -2.41. The summed E-state index contributed by atoms with van der Waals surface area (Å²) in [6.45, 7) is 4.79. The Labute approximate surface area is 206 Å². The minimum absolute atomic E-state index is 0.0884. The van der Waals surface area contributed by atoms with Crippen LogP contribution in [0.25, 0.3) is 0 Å². The van der Waals surface area contributed by atoms with Crippen molar-refractivity contribution in [2.45, 2.75) is 45.3 Å². The second-order valence-corrected chi connectivity index (χ2v) is 10.1. The average molecular weight is 476 g/mol. The SMILES string of the molecule is COc1ccc(CCN2C(=O)C3=C(C(=O)C4CC(C)CC(C)C4O3)C2c2ccccc2)cc1OC. The van der Waals surface area contributed by atoms with Crippen LogP contribution in [-0.2, 0) is 20.7 Å². The number of rotatable bonds is 6. The largest absolute Gasteiger partial charge is 0.493 e. The summed E-state index contributed by atoms with van der Waals surface area (Å²) in [4.78, 5) is 29.4. The number of carbonyl (C=O) groups is 2. The first kappa shape index (κ1) is 23.5. The van der Waals surface area contributed by atoms with Crippen LogP contribution in [0.2, 0.25) is 0 Å². The van der Waals surface area contributed by atoms with E-state index in [2.05, 4.69) is 13.8 Å². The quantitative estimate of drug-likeness (QED) is 0.604. The highest BCUT2D eigenvalue weighted by atomic mass is 16.5. The van der Waals surface area contributed by atoms with Crippen LogP contribution in [0.5, 0.6) is 11.5 Å². The zero-order valence-corrected chi connectivity index (χ0v) is 20.8. The van der Waals surface area contributed by atoms with Gasteiger partial charge >= 0.3 is 0 Å². The molecular formula is C29H33NO5. The Kier molecular flexibility index (Phi) is 6.30. The standard InChI is InChI=1S/C29H33NO5/c1-17-14-18(2)27-21(15-17)26(31)24-25(20-8-6-5-7-9-20)30(29(32)28(24)35-27)13-12-19-10-11-22(33-3)23(16-19)34-4/h5-11,16-18,21,25,27H,12-15H2,1-4H3. The zero-order valence-electron chi connectivity index (χ0n) is 20.8. The summed E-state index contributed by atoms with van der Waals surface area (Å²) >= 11 is 0. The molecule has 2 aromatic carbocycles. The molecule has 0 saturated heterocycles. The van der Waals surface area contributed by atoms with Gasteiger partial charge in [-0.15, -0.1) is 0 Å². The van der Waals surface area contributed by atoms with Crippen LogP contribution in [0.15, 0.2) is 59.9 Å². The lowest BCUT2D eigenvalue weighted by atomic mass is 9.70. The number of carbonyl (C=O) groups excluding carboxylic acids is 2. The van der Waals surface area contributed by atoms with E-state index in [1.807, 2.05) is 48.5 Å². The molecule has 0 aromatic heterocycles. The van der Waals surface area contributed by atoms with Crippen LogP contribution in [0.4, 0.5) is 0 Å². The maximum absolute atomic E-state index is 13.9. The van der Waals surface area contributed by atoms with E-state index in [0.717, 1.165) is 24.0 Å². The van der Waals surface area contributed by atoms with Gasteiger partial charge in [0, 0.05) is 6.54 Å². The Morgan fingerprint density at radius 1 is 0.971 bits per heavy atom. The number of fused-ring (bicyclic) bond motifs is 1. The number of hydrogen-bond donors (Lipinski definition) is 0. The predicted molar refractivity (Wildman–Crippen MR) is 132 cm³/mol. The number of hydrogen-bond acceptors (Lipinski definition) is 5. The molecule has 5 atom stereocenters. The van der Waals surface area contributed by atoms with Gasteiger partial charge in [-0.1, -0.05) is 50.2 Å². The van der Waals surface area contributed by atoms with Crippen molar-refractivity contribution in [3.63, 3.8) is 0 Å². The molecule has 0 bridgehead atoms. The molecule has 6 nitrogen and oxygen atoms in total. The van der Waals surface area contributed by atoms with Crippen LogP contribution in [-0.4, -0.2) is 43.5 Å². The van der Waals surface area contributed by atoms with Crippen molar-refractivity contribution in [3.05, 3.63) is 71.0 Å². The van der Waals surface area contributed by atoms with Crippen molar-refractivity contribution in [2.24, 2.45) is 17.8 Å². The van der Waals surface area contributed by atoms with Crippen LogP contribution in [0.1, 0.15) is 43.9 Å². The van der Waals surface area contributed by atoms with E-state index in [1.54, 1.807) is 19.1 Å². The minimum Gasteiger partial charge on any atom is -0.493 e. The van der Waals surface area contributed by atoms with Crippen LogP contribution in [0, 0.1) is 17.8 Å². The molecule has 6 heteroatoms. The fraction of sp³-hybridized carbons (Fsp3) is 0.448. The van der Waals surface area contributed by atoms with Crippen LogP contribution < -0.4 is 9.47 Å². The highest BCUT2D eigenvalue weighted by Gasteiger charge is 2.53. The predicted octanol–water partition coefficient (Wildman–Crippen LogP) is 4.73. The first-order valence-corrected chi connectivity index (χ1v) is 12.4. The number of Topliss-reactive ketones (excluding diaryl/α,β-unsaturated/α-hetero) is 1. The number of benzene rings is 2. The Morgan fingerprint density at radius 3 is 2.43 bits per heavy atom. The number of nitrogens with zero attached hydrogens (tertiary/aromatic N) is 1. The molecule has 2 aliphatic heterocycles. The van der Waals surface area contributed by atoms with E-state index in [-0.39, 0.29) is 35.4 Å². The molecule has 1 saturated carbocycles. The Hall–Kier alpha value is -3.28. The van der Waals surface area contributed by atoms with Crippen molar-refractivity contribution in [3.8, 4) is 11.5 Å². The fourth-order valence-electron chi connectivity index (χ4n) is 6.12. The van der Waals surface area contributed by atoms with E-state index in [9.17, 15) is 9.59 Å². The van der Waals surface area contributed by atoms with Gasteiger partial charge in [0.05, 0.1) is 31.8 Å². The molecule has 35 heavy (non-hydrogen) atoms. The average Bonchev–Trinajstić information content (AvgIpc) is 3.15. The van der Waals surface area contributed by atoms with Gasteiger partial charge in [-0.2, -0.15) is 0 Å². The normalized spacial score (nSPS) is 27.9. The molecule has 0 N–H and O–H groups in total. The van der Waals surface area contributed by atoms with Crippen LogP contribution in [0.3, 0.4) is 0 Å². The molecule has 1 aliphatic carbocycles. The molecule has 1 amide bonds. The monoisotopic (exact) mass is 475 g/mol. The van der Waals surface area contributed by atoms with Gasteiger partial charge in [0.25, 0.3) is 5.91 Å². The van der Waals surface area contributed by atoms with Crippen molar-refractivity contribution in [2.75, 3.05) is 20.8 Å². The summed E-state index contributed by atoms with van der Waals surface area (Å²) in [6, 6.07) is 15.2. The van der Waals surface area contributed by atoms with E-state index < -0.39 is 6.04 Å². The first-order chi connectivity index (χ1) is 16.9. The fourth-order valence-corrected chi connectivity index (χ4v) is 6.12. The number of ketones is 1. The van der Waals surface area contributed by atoms with Crippen molar-refractivity contribution < 1.29 is 23.8 Å². The number of ether oxygens (including phenoxy) is 3. The third-order valence-corrected chi connectivity index (χ3v) is 7.73. The molecule has 1 fully saturated rings. The third-order valence-electron chi connectivity index (χ3n) is 7.73. The van der Waals surface area contributed by atoms with Gasteiger partial charge < -0.3 is 19.1 Å². The van der Waals surface area contributed by atoms with Gasteiger partial charge in [0.1, 0.15) is 6.10 Å². The van der Waals surface area contributed by atoms with Crippen molar-refractivity contribution in [1.82, 2.24) is 4.90 Å². The Balaban J connectivity index is 1.47. The van der Waals surface area contributed by atoms with E-state index in [0.29, 0.717) is 36.0 Å². The second kappa shape index (κ2) is 9.40. The van der Waals surface area contributed by atoms with Gasteiger partial charge in [0.2, 0.25) is 0 Å². The third kappa shape index (κ3) is 4.09. The maximum atomic E-state index is 13.9. The van der Waals surface area contributed by atoms with Crippen molar-refractivity contribution in [1.29, 1.82) is 0 Å². The second-order valence-electron chi connectivity index (χ2n) is 10.1. The molecule has 0 radical (unpaired) electrons. The maximum Gasteiger partial charge on any atom is 0.290 e. The Bertz CT molecular complexity index is 1160. The summed E-state index contributed by atoms with van der Waals surface area (Å²) in [7, 11) is 3.22. The molecule has 2 heterocycles. The molecule has 5 rings (SSSR count). The van der Waals surface area contributed by atoms with Gasteiger partial charge in [-0.05, 0) is 54.4 Å². The summed E-state index contributed by atoms with van der Waals surface area (Å²) in [6.07, 6.45) is 2.22. The highest BCUT2D eigenvalue weighted by molar-refractivity contribution is 6.11. The molecule has 2 aromatic rings. The topological polar surface area (TPSA) is 65.1 Å². The lowest BCUT2D eigenvalue weighted by molar-refractivity contribution is -0.138. The van der Waals surface area contributed by atoms with E-state index in [1.165, 1.54) is 0 Å². The summed E-state index contributed by atoms with van der Waals surface area (Å²) in [5, 5.41) is 0. The first-order valence-electron chi connectivity index (χ1n) is 12.4. The summed E-state index contributed by atoms with van der Waals surface area (Å²) in [5.41, 5.74) is 2.50. The Morgan fingerprint density at radius 2 is 1.71 bits per heavy atom. The molecule has 5 unspecified atom stereocenters. The summed E-state index contributed by atoms with van der Waals surface area (Å²) in [5.74, 6) is 2.01. The summed E-state index contributed by atoms with van der Waals surface area (Å²) < 4.78 is 17.2.